The van der Waals surface area contributed by atoms with Crippen LogP contribution in [-0.2, 0) is 7.05 Å². The first-order valence-electron chi connectivity index (χ1n) is 9.22. The molecule has 4 heterocycles. The van der Waals surface area contributed by atoms with Crippen molar-refractivity contribution >= 4 is 17.4 Å². The van der Waals surface area contributed by atoms with E-state index in [0.717, 1.165) is 22.6 Å². The molecule has 10 nitrogen and oxygen atoms in total. The molecule has 0 spiro atoms. The average Bonchev–Trinajstić information content (AvgIpc) is 3.48. The number of amides is 1. The zero-order valence-corrected chi connectivity index (χ0v) is 16.3. The van der Waals surface area contributed by atoms with Crippen molar-refractivity contribution in [2.75, 3.05) is 5.32 Å². The first-order valence-corrected chi connectivity index (χ1v) is 9.22. The number of nitrogens with zero attached hydrogens (tertiary/aromatic N) is 8. The standard InChI is InChI=1S/C20H17N9O/c1-13-16(12-22-27(13)2)17-8-11-28(25-17)15-6-4-14(5-7-15)23-19(30)18-24-20-21-9-3-10-29(20)26-18/h3-12H,1-2H3,(H,23,30). The van der Waals surface area contributed by atoms with Gasteiger partial charge >= 0.3 is 0 Å². The van der Waals surface area contributed by atoms with E-state index in [2.05, 4.69) is 30.6 Å². The summed E-state index contributed by atoms with van der Waals surface area (Å²) < 4.78 is 5.06. The molecule has 5 rings (SSSR count). The number of anilines is 1. The molecule has 0 aliphatic carbocycles. The first kappa shape index (κ1) is 17.7. The van der Waals surface area contributed by atoms with Gasteiger partial charge in [-0.25, -0.2) is 14.2 Å². The minimum atomic E-state index is -0.401. The highest BCUT2D eigenvalue weighted by atomic mass is 16.2. The molecule has 0 saturated carbocycles. The first-order chi connectivity index (χ1) is 14.6. The fraction of sp³-hybridized carbons (Fsp3) is 0.100. The van der Waals surface area contributed by atoms with E-state index >= 15 is 0 Å². The lowest BCUT2D eigenvalue weighted by molar-refractivity contribution is 0.101. The average molecular weight is 399 g/mol. The molecule has 1 N–H and O–H groups in total. The SMILES string of the molecule is Cc1c(-c2ccn(-c3ccc(NC(=O)c4nc5ncccn5n4)cc3)n2)cnn1C. The summed E-state index contributed by atoms with van der Waals surface area (Å²) in [5.41, 5.74) is 4.40. The van der Waals surface area contributed by atoms with Gasteiger partial charge in [-0.3, -0.25) is 9.48 Å². The van der Waals surface area contributed by atoms with Crippen molar-refractivity contribution in [3.63, 3.8) is 0 Å². The fourth-order valence-corrected chi connectivity index (χ4v) is 3.08. The smallest absolute Gasteiger partial charge is 0.295 e. The molecule has 4 aromatic heterocycles. The van der Waals surface area contributed by atoms with Crippen LogP contribution in [0.15, 0.2) is 61.2 Å². The van der Waals surface area contributed by atoms with Crippen molar-refractivity contribution in [1.82, 2.24) is 39.1 Å². The van der Waals surface area contributed by atoms with Gasteiger partial charge in [-0.2, -0.15) is 15.2 Å². The number of nitrogens with one attached hydrogen (secondary N) is 1. The summed E-state index contributed by atoms with van der Waals surface area (Å²) in [6, 6.07) is 11.0. The molecule has 0 unspecified atom stereocenters. The fourth-order valence-electron chi connectivity index (χ4n) is 3.08. The van der Waals surface area contributed by atoms with Gasteiger partial charge in [0, 0.05) is 42.6 Å². The van der Waals surface area contributed by atoms with Crippen molar-refractivity contribution in [2.45, 2.75) is 6.92 Å². The second-order valence-electron chi connectivity index (χ2n) is 6.71. The number of benzene rings is 1. The normalized spacial score (nSPS) is 11.1. The van der Waals surface area contributed by atoms with Crippen molar-refractivity contribution in [1.29, 1.82) is 0 Å². The Hall–Kier alpha value is -4.34. The zero-order chi connectivity index (χ0) is 20.7. The topological polar surface area (TPSA) is 108 Å². The molecule has 10 heteroatoms. The second-order valence-corrected chi connectivity index (χ2v) is 6.71. The largest absolute Gasteiger partial charge is 0.319 e. The third-order valence-corrected chi connectivity index (χ3v) is 4.81. The minimum absolute atomic E-state index is 0.0568. The van der Waals surface area contributed by atoms with Crippen LogP contribution in [0.2, 0.25) is 0 Å². The molecule has 0 fully saturated rings. The highest BCUT2D eigenvalue weighted by molar-refractivity contribution is 6.01. The number of hydrogen-bond donors (Lipinski definition) is 1. The van der Waals surface area contributed by atoms with E-state index in [0.29, 0.717) is 11.5 Å². The van der Waals surface area contributed by atoms with E-state index in [1.807, 2.05) is 49.2 Å². The summed E-state index contributed by atoms with van der Waals surface area (Å²) in [7, 11) is 1.90. The summed E-state index contributed by atoms with van der Waals surface area (Å²) in [4.78, 5) is 20.6. The monoisotopic (exact) mass is 399 g/mol. The Morgan fingerprint density at radius 2 is 1.90 bits per heavy atom. The molecule has 30 heavy (non-hydrogen) atoms. The highest BCUT2D eigenvalue weighted by Crippen LogP contribution is 2.22. The van der Waals surface area contributed by atoms with Gasteiger partial charge in [-0.1, -0.05) is 0 Å². The van der Waals surface area contributed by atoms with Crippen molar-refractivity contribution in [3.05, 3.63) is 72.7 Å². The lowest BCUT2D eigenvalue weighted by Gasteiger charge is -2.05. The molecule has 1 amide bonds. The maximum absolute atomic E-state index is 12.4. The van der Waals surface area contributed by atoms with Gasteiger partial charge in [0.25, 0.3) is 11.7 Å². The molecule has 0 atom stereocenters. The van der Waals surface area contributed by atoms with Crippen molar-refractivity contribution in [2.24, 2.45) is 7.05 Å². The van der Waals surface area contributed by atoms with Crippen LogP contribution < -0.4 is 5.32 Å². The van der Waals surface area contributed by atoms with Crippen molar-refractivity contribution in [3.8, 4) is 16.9 Å². The molecule has 0 bridgehead atoms. The van der Waals surface area contributed by atoms with Gasteiger partial charge in [0.1, 0.15) is 0 Å². The number of carbonyl (C=O) groups is 1. The van der Waals surface area contributed by atoms with Crippen LogP contribution in [0.25, 0.3) is 22.7 Å². The number of hydrogen-bond acceptors (Lipinski definition) is 6. The summed E-state index contributed by atoms with van der Waals surface area (Å²) in [6.45, 7) is 2.01. The van der Waals surface area contributed by atoms with E-state index in [9.17, 15) is 4.79 Å². The summed E-state index contributed by atoms with van der Waals surface area (Å²) in [6.07, 6.45) is 6.99. The van der Waals surface area contributed by atoms with E-state index in [1.165, 1.54) is 4.52 Å². The van der Waals surface area contributed by atoms with E-state index in [1.54, 1.807) is 35.3 Å². The Labute approximate surface area is 170 Å². The van der Waals surface area contributed by atoms with Gasteiger partial charge in [-0.05, 0) is 43.3 Å². The van der Waals surface area contributed by atoms with Gasteiger partial charge in [0.05, 0.1) is 17.6 Å². The summed E-state index contributed by atoms with van der Waals surface area (Å²) in [5.74, 6) is 0.0272. The van der Waals surface area contributed by atoms with Gasteiger partial charge < -0.3 is 5.32 Å². The van der Waals surface area contributed by atoms with Crippen LogP contribution in [0.1, 0.15) is 16.3 Å². The van der Waals surface area contributed by atoms with E-state index < -0.39 is 5.91 Å². The van der Waals surface area contributed by atoms with Crippen LogP contribution in [0.4, 0.5) is 5.69 Å². The quantitative estimate of drug-likeness (QED) is 0.497. The Kier molecular flexibility index (Phi) is 4.09. The number of rotatable bonds is 4. The lowest BCUT2D eigenvalue weighted by atomic mass is 10.2. The molecule has 0 aliphatic rings. The molecule has 5 aromatic rings. The van der Waals surface area contributed by atoms with Crippen molar-refractivity contribution < 1.29 is 4.79 Å². The lowest BCUT2D eigenvalue weighted by Crippen LogP contribution is -2.14. The molecular weight excluding hydrogens is 382 g/mol. The second kappa shape index (κ2) is 6.92. The zero-order valence-electron chi connectivity index (χ0n) is 16.3. The maximum atomic E-state index is 12.4. The van der Waals surface area contributed by atoms with Gasteiger partial charge in [0.2, 0.25) is 5.82 Å². The highest BCUT2D eigenvalue weighted by Gasteiger charge is 2.14. The molecule has 1 aromatic carbocycles. The van der Waals surface area contributed by atoms with Crippen LogP contribution >= 0.6 is 0 Å². The molecule has 148 valence electrons. The van der Waals surface area contributed by atoms with Crippen LogP contribution in [0.5, 0.6) is 0 Å². The molecular formula is C20H17N9O. The number of aromatic nitrogens is 8. The summed E-state index contributed by atoms with van der Waals surface area (Å²) in [5, 5.41) is 15.8. The minimum Gasteiger partial charge on any atom is -0.319 e. The predicted molar refractivity (Wildman–Crippen MR) is 109 cm³/mol. The van der Waals surface area contributed by atoms with E-state index in [4.69, 9.17) is 0 Å². The number of fused-ring (bicyclic) bond motifs is 1. The Bertz CT molecular complexity index is 1330. The number of aryl methyl sites for hydroxylation is 1. The molecule has 0 saturated heterocycles. The van der Waals surface area contributed by atoms with Crippen LogP contribution in [-0.4, -0.2) is 45.1 Å². The maximum Gasteiger partial charge on any atom is 0.295 e. The van der Waals surface area contributed by atoms with Gasteiger partial charge in [-0.15, -0.1) is 5.10 Å². The van der Waals surface area contributed by atoms with Crippen LogP contribution in [0.3, 0.4) is 0 Å². The third-order valence-electron chi connectivity index (χ3n) is 4.81. The molecule has 0 aliphatic heterocycles. The third kappa shape index (κ3) is 3.09. The van der Waals surface area contributed by atoms with Gasteiger partial charge in [0.15, 0.2) is 0 Å². The Morgan fingerprint density at radius 1 is 1.07 bits per heavy atom. The molecule has 0 radical (unpaired) electrons. The number of carbonyl (C=O) groups excluding carboxylic acids is 1. The van der Waals surface area contributed by atoms with Crippen LogP contribution in [0, 0.1) is 6.92 Å². The Balaban J connectivity index is 1.33. The predicted octanol–water partition coefficient (Wildman–Crippen LogP) is 2.27. The van der Waals surface area contributed by atoms with E-state index in [-0.39, 0.29) is 5.82 Å². The Morgan fingerprint density at radius 3 is 2.63 bits per heavy atom. The summed E-state index contributed by atoms with van der Waals surface area (Å²) >= 11 is 0.